The third-order valence-corrected chi connectivity index (χ3v) is 2.83. The Labute approximate surface area is 112 Å². The standard InChI is InChI=1S/C11H12BrFN2O3/c1-11(2,9(16)17)15-10(18)14-8-5-6(13)3-4-7(8)12/h3-5H,1-2H3,(H,16,17)(H2,14,15,18). The number of benzene rings is 1. The van der Waals surface area contributed by atoms with Crippen LogP contribution >= 0.6 is 15.9 Å². The van der Waals surface area contributed by atoms with E-state index in [4.69, 9.17) is 5.11 Å². The molecule has 0 heterocycles. The number of carbonyl (C=O) groups excluding carboxylic acids is 1. The molecular weight excluding hydrogens is 307 g/mol. The van der Waals surface area contributed by atoms with Gasteiger partial charge >= 0.3 is 12.0 Å². The van der Waals surface area contributed by atoms with Crippen molar-refractivity contribution in [2.45, 2.75) is 19.4 Å². The van der Waals surface area contributed by atoms with Crippen molar-refractivity contribution >= 4 is 33.6 Å². The van der Waals surface area contributed by atoms with E-state index in [0.717, 1.165) is 6.07 Å². The first-order valence-electron chi connectivity index (χ1n) is 5.00. The minimum absolute atomic E-state index is 0.216. The molecule has 0 atom stereocenters. The van der Waals surface area contributed by atoms with Crippen LogP contribution < -0.4 is 10.6 Å². The monoisotopic (exact) mass is 318 g/mol. The molecule has 7 heteroatoms. The van der Waals surface area contributed by atoms with Gasteiger partial charge < -0.3 is 15.7 Å². The smallest absolute Gasteiger partial charge is 0.328 e. The summed E-state index contributed by atoms with van der Waals surface area (Å²) < 4.78 is 13.5. The van der Waals surface area contributed by atoms with Crippen LogP contribution in [-0.4, -0.2) is 22.6 Å². The first-order chi connectivity index (χ1) is 8.22. The van der Waals surface area contributed by atoms with Gasteiger partial charge in [0.2, 0.25) is 0 Å². The molecule has 1 aromatic rings. The number of carbonyl (C=O) groups is 2. The van der Waals surface area contributed by atoms with Crippen LogP contribution in [0.5, 0.6) is 0 Å². The summed E-state index contributed by atoms with van der Waals surface area (Å²) in [7, 11) is 0. The molecule has 0 aliphatic heterocycles. The van der Waals surface area contributed by atoms with Gasteiger partial charge in [0.25, 0.3) is 0 Å². The summed E-state index contributed by atoms with van der Waals surface area (Å²) >= 11 is 3.14. The van der Waals surface area contributed by atoms with E-state index in [1.54, 1.807) is 0 Å². The van der Waals surface area contributed by atoms with E-state index in [1.807, 2.05) is 0 Å². The topological polar surface area (TPSA) is 78.4 Å². The number of rotatable bonds is 3. The summed E-state index contributed by atoms with van der Waals surface area (Å²) in [6.07, 6.45) is 0. The Bertz CT molecular complexity index is 491. The molecule has 0 radical (unpaired) electrons. The van der Waals surface area contributed by atoms with Crippen molar-refractivity contribution in [3.63, 3.8) is 0 Å². The number of aliphatic carboxylic acids is 1. The number of nitrogens with one attached hydrogen (secondary N) is 2. The van der Waals surface area contributed by atoms with Crippen LogP contribution in [0.3, 0.4) is 0 Å². The number of hydrogen-bond acceptors (Lipinski definition) is 2. The van der Waals surface area contributed by atoms with E-state index in [9.17, 15) is 14.0 Å². The van der Waals surface area contributed by atoms with Gasteiger partial charge in [0.05, 0.1) is 5.69 Å². The number of amides is 2. The maximum atomic E-state index is 13.0. The number of halogens is 2. The number of carboxylic acid groups (broad SMARTS) is 1. The minimum Gasteiger partial charge on any atom is -0.480 e. The van der Waals surface area contributed by atoms with Crippen molar-refractivity contribution in [3.05, 3.63) is 28.5 Å². The van der Waals surface area contributed by atoms with E-state index in [1.165, 1.54) is 26.0 Å². The Morgan fingerprint density at radius 3 is 2.56 bits per heavy atom. The normalized spacial score (nSPS) is 10.9. The minimum atomic E-state index is -1.41. The molecule has 0 unspecified atom stereocenters. The molecule has 0 aliphatic rings. The van der Waals surface area contributed by atoms with E-state index in [0.29, 0.717) is 4.47 Å². The number of urea groups is 1. The second-order valence-electron chi connectivity index (χ2n) is 4.13. The second kappa shape index (κ2) is 5.34. The van der Waals surface area contributed by atoms with Gasteiger partial charge in [-0.15, -0.1) is 0 Å². The molecule has 0 saturated heterocycles. The zero-order valence-corrected chi connectivity index (χ0v) is 11.3. The van der Waals surface area contributed by atoms with Gasteiger partial charge in [0.15, 0.2) is 0 Å². The van der Waals surface area contributed by atoms with Crippen LogP contribution in [0.2, 0.25) is 0 Å². The molecule has 2 amide bonds. The van der Waals surface area contributed by atoms with Gasteiger partial charge in [0.1, 0.15) is 11.4 Å². The molecule has 3 N–H and O–H groups in total. The number of anilines is 1. The fourth-order valence-electron chi connectivity index (χ4n) is 1.08. The Kier molecular flexibility index (Phi) is 4.28. The Balaban J connectivity index is 2.77. The van der Waals surface area contributed by atoms with Crippen LogP contribution in [0, 0.1) is 5.82 Å². The third-order valence-electron chi connectivity index (χ3n) is 2.14. The molecule has 5 nitrogen and oxygen atoms in total. The van der Waals surface area contributed by atoms with Gasteiger partial charge in [-0.05, 0) is 48.0 Å². The zero-order valence-electron chi connectivity index (χ0n) is 9.75. The van der Waals surface area contributed by atoms with E-state index >= 15 is 0 Å². The van der Waals surface area contributed by atoms with Crippen molar-refractivity contribution in [3.8, 4) is 0 Å². The molecule has 1 rings (SSSR count). The predicted molar refractivity (Wildman–Crippen MR) is 68.0 cm³/mol. The lowest BCUT2D eigenvalue weighted by Crippen LogP contribution is -2.51. The predicted octanol–water partition coefficient (Wildman–Crippen LogP) is 2.57. The first kappa shape index (κ1) is 14.4. The molecule has 0 aliphatic carbocycles. The summed E-state index contributed by atoms with van der Waals surface area (Å²) in [5, 5.41) is 13.5. The fraction of sp³-hybridized carbons (Fsp3) is 0.273. The molecular formula is C11H12BrFN2O3. The van der Waals surface area contributed by atoms with Gasteiger partial charge in [-0.25, -0.2) is 14.0 Å². The lowest BCUT2D eigenvalue weighted by molar-refractivity contribution is -0.142. The fourth-order valence-corrected chi connectivity index (χ4v) is 1.43. The van der Waals surface area contributed by atoms with E-state index in [-0.39, 0.29) is 5.69 Å². The molecule has 1 aromatic carbocycles. The highest BCUT2D eigenvalue weighted by atomic mass is 79.9. The largest absolute Gasteiger partial charge is 0.480 e. The van der Waals surface area contributed by atoms with Gasteiger partial charge in [-0.3, -0.25) is 0 Å². The van der Waals surface area contributed by atoms with Crippen molar-refractivity contribution < 1.29 is 19.1 Å². The first-order valence-corrected chi connectivity index (χ1v) is 5.79. The molecule has 0 aromatic heterocycles. The lowest BCUT2D eigenvalue weighted by atomic mass is 10.1. The number of carboxylic acids is 1. The highest BCUT2D eigenvalue weighted by Crippen LogP contribution is 2.23. The maximum Gasteiger partial charge on any atom is 0.328 e. The Hall–Kier alpha value is -1.63. The number of hydrogen-bond donors (Lipinski definition) is 3. The average molecular weight is 319 g/mol. The van der Waals surface area contributed by atoms with Crippen molar-refractivity contribution in [1.82, 2.24) is 5.32 Å². The molecule has 98 valence electrons. The molecule has 0 saturated carbocycles. The van der Waals surface area contributed by atoms with Gasteiger partial charge in [-0.1, -0.05) is 0 Å². The van der Waals surface area contributed by atoms with Crippen LogP contribution in [0.15, 0.2) is 22.7 Å². The van der Waals surface area contributed by atoms with Crippen LogP contribution in [0.4, 0.5) is 14.9 Å². The van der Waals surface area contributed by atoms with Crippen LogP contribution in [0.1, 0.15) is 13.8 Å². The third kappa shape index (κ3) is 3.69. The van der Waals surface area contributed by atoms with E-state index in [2.05, 4.69) is 26.6 Å². The molecule has 0 fully saturated rings. The van der Waals surface area contributed by atoms with Crippen LogP contribution in [-0.2, 0) is 4.79 Å². The van der Waals surface area contributed by atoms with Crippen molar-refractivity contribution in [2.75, 3.05) is 5.32 Å². The summed E-state index contributed by atoms with van der Waals surface area (Å²) in [4.78, 5) is 22.4. The van der Waals surface area contributed by atoms with Gasteiger partial charge in [0, 0.05) is 4.47 Å². The molecule has 0 spiro atoms. The van der Waals surface area contributed by atoms with E-state index < -0.39 is 23.4 Å². The quantitative estimate of drug-likeness (QED) is 0.801. The lowest BCUT2D eigenvalue weighted by Gasteiger charge is -2.21. The van der Waals surface area contributed by atoms with Crippen molar-refractivity contribution in [1.29, 1.82) is 0 Å². The summed E-state index contributed by atoms with van der Waals surface area (Å²) in [6.45, 7) is 2.69. The molecule has 18 heavy (non-hydrogen) atoms. The summed E-state index contributed by atoms with van der Waals surface area (Å²) in [6, 6.07) is 3.06. The van der Waals surface area contributed by atoms with Crippen molar-refractivity contribution in [2.24, 2.45) is 0 Å². The Morgan fingerprint density at radius 1 is 1.39 bits per heavy atom. The second-order valence-corrected chi connectivity index (χ2v) is 4.99. The summed E-state index contributed by atoms with van der Waals surface area (Å²) in [5.74, 6) is -1.68. The molecule has 0 bridgehead atoms. The van der Waals surface area contributed by atoms with Crippen LogP contribution in [0.25, 0.3) is 0 Å². The van der Waals surface area contributed by atoms with Gasteiger partial charge in [-0.2, -0.15) is 0 Å². The summed E-state index contributed by atoms with van der Waals surface area (Å²) in [5.41, 5.74) is -1.20. The SMILES string of the molecule is CC(C)(NC(=O)Nc1cc(F)ccc1Br)C(=O)O. The average Bonchev–Trinajstić information content (AvgIpc) is 2.22. The highest BCUT2D eigenvalue weighted by molar-refractivity contribution is 9.10. The zero-order chi connectivity index (χ0) is 13.9. The maximum absolute atomic E-state index is 13.0. The highest BCUT2D eigenvalue weighted by Gasteiger charge is 2.29. The Morgan fingerprint density at radius 2 is 2.00 bits per heavy atom.